The maximum atomic E-state index is 12.3. The molecule has 0 saturated carbocycles. The molecule has 4 N–H and O–H groups in total. The summed E-state index contributed by atoms with van der Waals surface area (Å²) in [7, 11) is -3.84. The molecule has 0 aliphatic carbocycles. The van der Waals surface area contributed by atoms with Gasteiger partial charge in [0.15, 0.2) is 11.6 Å². The van der Waals surface area contributed by atoms with Crippen molar-refractivity contribution in [2.75, 3.05) is 29.1 Å². The van der Waals surface area contributed by atoms with Crippen molar-refractivity contribution < 1.29 is 8.42 Å². The second-order valence-electron chi connectivity index (χ2n) is 5.18. The molecule has 10 nitrogen and oxygen atoms in total. The van der Waals surface area contributed by atoms with E-state index in [0.717, 1.165) is 11.9 Å². The number of hydrazine groups is 1. The van der Waals surface area contributed by atoms with Gasteiger partial charge in [0.05, 0.1) is 17.0 Å². The molecule has 0 amide bonds. The molecule has 26 heavy (non-hydrogen) atoms. The van der Waals surface area contributed by atoms with Crippen LogP contribution in [0.4, 0.5) is 17.3 Å². The van der Waals surface area contributed by atoms with E-state index < -0.39 is 10.0 Å². The number of nitrogen functional groups attached to an aromatic ring is 1. The number of nitrogens with two attached hydrogens (primary N) is 1. The smallest absolute Gasteiger partial charge is 0.257 e. The van der Waals surface area contributed by atoms with E-state index in [1.165, 1.54) is 17.0 Å². The molecular weight excluding hydrogens is 356 g/mol. The van der Waals surface area contributed by atoms with E-state index >= 15 is 0 Å². The van der Waals surface area contributed by atoms with E-state index in [1.54, 1.807) is 12.1 Å². The van der Waals surface area contributed by atoms with Crippen molar-refractivity contribution >= 4 is 27.3 Å². The molecule has 0 bridgehead atoms. The highest BCUT2D eigenvalue weighted by Crippen LogP contribution is 2.25. The lowest BCUT2D eigenvalue weighted by molar-refractivity contribution is 0.587. The summed E-state index contributed by atoms with van der Waals surface area (Å²) in [5.41, 5.74) is 9.32. The number of aryl methyl sites for hydroxylation is 1. The largest absolute Gasteiger partial charge is 0.393 e. The standard InChI is InChI=1S/C15H16N8O2S/c1-11-2-4-12(5-3-11)26(24,25)22-21-14-13(18)15(20-10-19-14)23(8-6-16)9-7-17/h2-5,10,22H,8-9,18H2,1H3,(H,19,20,21). The number of nitrogens with zero attached hydrogens (tertiary/aromatic N) is 5. The molecule has 11 heteroatoms. The molecule has 0 radical (unpaired) electrons. The molecule has 0 unspecified atom stereocenters. The molecular formula is C15H16N8O2S. The van der Waals surface area contributed by atoms with Crippen LogP contribution in [-0.4, -0.2) is 31.5 Å². The first-order valence-corrected chi connectivity index (χ1v) is 8.81. The highest BCUT2D eigenvalue weighted by atomic mass is 32.2. The predicted octanol–water partition coefficient (Wildman–Crippen LogP) is 0.526. The number of hydrogen-bond acceptors (Lipinski definition) is 9. The number of anilines is 3. The number of benzene rings is 1. The number of hydrogen-bond donors (Lipinski definition) is 3. The first-order chi connectivity index (χ1) is 12.4. The van der Waals surface area contributed by atoms with E-state index in [4.69, 9.17) is 16.3 Å². The molecule has 2 aromatic rings. The van der Waals surface area contributed by atoms with Gasteiger partial charge in [-0.05, 0) is 19.1 Å². The first-order valence-electron chi connectivity index (χ1n) is 7.33. The minimum Gasteiger partial charge on any atom is -0.393 e. The number of nitrogens with one attached hydrogen (secondary N) is 2. The predicted molar refractivity (Wildman–Crippen MR) is 95.0 cm³/mol. The Bertz CT molecular complexity index is 945. The van der Waals surface area contributed by atoms with Gasteiger partial charge in [-0.2, -0.15) is 10.5 Å². The summed E-state index contributed by atoms with van der Waals surface area (Å²) >= 11 is 0. The summed E-state index contributed by atoms with van der Waals surface area (Å²) in [6.45, 7) is 1.63. The minimum atomic E-state index is -3.84. The summed E-state index contributed by atoms with van der Waals surface area (Å²) in [5, 5.41) is 17.7. The maximum Gasteiger partial charge on any atom is 0.257 e. The lowest BCUT2D eigenvalue weighted by Gasteiger charge is -2.20. The molecule has 2 rings (SSSR count). The van der Waals surface area contributed by atoms with Crippen LogP contribution in [0.15, 0.2) is 35.5 Å². The van der Waals surface area contributed by atoms with Crippen LogP contribution in [-0.2, 0) is 10.0 Å². The van der Waals surface area contributed by atoms with Crippen LogP contribution >= 0.6 is 0 Å². The van der Waals surface area contributed by atoms with Gasteiger partial charge < -0.3 is 10.6 Å². The first kappa shape index (κ1) is 18.9. The normalized spacial score (nSPS) is 10.6. The van der Waals surface area contributed by atoms with Crippen molar-refractivity contribution in [2.24, 2.45) is 0 Å². The molecule has 1 aromatic heterocycles. The lowest BCUT2D eigenvalue weighted by atomic mass is 10.2. The molecule has 0 spiro atoms. The summed E-state index contributed by atoms with van der Waals surface area (Å²) < 4.78 is 24.6. The summed E-state index contributed by atoms with van der Waals surface area (Å²) in [5.74, 6) is 0.159. The third-order valence-electron chi connectivity index (χ3n) is 3.32. The van der Waals surface area contributed by atoms with Gasteiger partial charge in [0.25, 0.3) is 10.0 Å². The van der Waals surface area contributed by atoms with Crippen molar-refractivity contribution in [1.29, 1.82) is 10.5 Å². The van der Waals surface area contributed by atoms with Crippen molar-refractivity contribution in [3.8, 4) is 12.1 Å². The lowest BCUT2D eigenvalue weighted by Crippen LogP contribution is -2.31. The minimum absolute atomic E-state index is 0.00426. The van der Waals surface area contributed by atoms with Crippen LogP contribution in [0.2, 0.25) is 0 Å². The average molecular weight is 372 g/mol. The van der Waals surface area contributed by atoms with Crippen LogP contribution in [0.3, 0.4) is 0 Å². The third-order valence-corrected chi connectivity index (χ3v) is 4.58. The van der Waals surface area contributed by atoms with Crippen molar-refractivity contribution in [3.05, 3.63) is 36.2 Å². The van der Waals surface area contributed by atoms with Gasteiger partial charge in [0.1, 0.15) is 25.1 Å². The Kier molecular flexibility index (Phi) is 5.90. The Hall–Kier alpha value is -3.41. The number of rotatable bonds is 7. The van der Waals surface area contributed by atoms with E-state index in [9.17, 15) is 8.42 Å². The fourth-order valence-corrected chi connectivity index (χ4v) is 2.85. The zero-order valence-corrected chi connectivity index (χ0v) is 14.7. The molecule has 0 fully saturated rings. The van der Waals surface area contributed by atoms with E-state index in [0.29, 0.717) is 0 Å². The molecule has 0 atom stereocenters. The second-order valence-corrected chi connectivity index (χ2v) is 6.86. The summed E-state index contributed by atoms with van der Waals surface area (Å²) in [6.07, 6.45) is 1.15. The highest BCUT2D eigenvalue weighted by Gasteiger charge is 2.18. The van der Waals surface area contributed by atoms with Crippen LogP contribution in [0.25, 0.3) is 0 Å². The number of sulfonamides is 1. The number of nitriles is 2. The van der Waals surface area contributed by atoms with Crippen LogP contribution in [0.1, 0.15) is 5.56 Å². The second kappa shape index (κ2) is 8.11. The van der Waals surface area contributed by atoms with Gasteiger partial charge in [-0.25, -0.2) is 18.4 Å². The molecule has 1 aromatic carbocycles. The third kappa shape index (κ3) is 4.36. The molecule has 0 aliphatic heterocycles. The molecule has 1 heterocycles. The zero-order chi connectivity index (χ0) is 19.2. The Labute approximate surface area is 150 Å². The van der Waals surface area contributed by atoms with E-state index in [2.05, 4.69) is 20.2 Å². The van der Waals surface area contributed by atoms with Gasteiger partial charge in [0.2, 0.25) is 0 Å². The summed E-state index contributed by atoms with van der Waals surface area (Å²) in [6, 6.07) is 10.1. The van der Waals surface area contributed by atoms with Crippen molar-refractivity contribution in [2.45, 2.75) is 11.8 Å². The highest BCUT2D eigenvalue weighted by molar-refractivity contribution is 7.89. The fourth-order valence-electron chi connectivity index (χ4n) is 2.01. The molecule has 134 valence electrons. The Morgan fingerprint density at radius 1 is 1.15 bits per heavy atom. The summed E-state index contributed by atoms with van der Waals surface area (Å²) in [4.78, 5) is 11.4. The van der Waals surface area contributed by atoms with Gasteiger partial charge in [0, 0.05) is 0 Å². The van der Waals surface area contributed by atoms with Gasteiger partial charge in [-0.15, -0.1) is 4.83 Å². The van der Waals surface area contributed by atoms with Gasteiger partial charge in [-0.3, -0.25) is 5.43 Å². The SMILES string of the molecule is Cc1ccc(S(=O)(=O)NNc2ncnc(N(CC#N)CC#N)c2N)cc1. The van der Waals surface area contributed by atoms with E-state index in [1.807, 2.05) is 19.1 Å². The topological polar surface area (TPSA) is 161 Å². The Balaban J connectivity index is 2.22. The van der Waals surface area contributed by atoms with Crippen LogP contribution in [0, 0.1) is 29.6 Å². The van der Waals surface area contributed by atoms with Crippen molar-refractivity contribution in [1.82, 2.24) is 14.8 Å². The van der Waals surface area contributed by atoms with E-state index in [-0.39, 0.29) is 35.3 Å². The Morgan fingerprint density at radius 3 is 2.35 bits per heavy atom. The zero-order valence-electron chi connectivity index (χ0n) is 13.8. The van der Waals surface area contributed by atoms with Crippen LogP contribution in [0.5, 0.6) is 0 Å². The Morgan fingerprint density at radius 2 is 1.77 bits per heavy atom. The van der Waals surface area contributed by atoms with Gasteiger partial charge >= 0.3 is 0 Å². The van der Waals surface area contributed by atoms with Gasteiger partial charge in [-0.1, -0.05) is 17.7 Å². The van der Waals surface area contributed by atoms with Crippen LogP contribution < -0.4 is 20.9 Å². The molecule has 0 saturated heterocycles. The fraction of sp³-hybridized carbons (Fsp3) is 0.200. The number of aromatic nitrogens is 2. The average Bonchev–Trinajstić information content (AvgIpc) is 2.61. The molecule has 0 aliphatic rings. The maximum absolute atomic E-state index is 12.3. The monoisotopic (exact) mass is 372 g/mol. The van der Waals surface area contributed by atoms with Crippen molar-refractivity contribution in [3.63, 3.8) is 0 Å². The quantitative estimate of drug-likeness (QED) is 0.465.